The molecule has 130 valence electrons. The van der Waals surface area contributed by atoms with Crippen LogP contribution in [-0.2, 0) is 9.30 Å². The van der Waals surface area contributed by atoms with Crippen LogP contribution in [0.5, 0.6) is 5.75 Å². The highest BCUT2D eigenvalue weighted by molar-refractivity contribution is 7.54. The molecule has 0 saturated carbocycles. The van der Waals surface area contributed by atoms with E-state index in [1.54, 1.807) is 52.5 Å². The summed E-state index contributed by atoms with van der Waals surface area (Å²) in [5, 5.41) is 0. The van der Waals surface area contributed by atoms with Crippen LogP contribution in [0.25, 0.3) is 0 Å². The molecule has 6 nitrogen and oxygen atoms in total. The summed E-state index contributed by atoms with van der Waals surface area (Å²) in [5.74, 6) is -0.195. The first-order chi connectivity index (χ1) is 10.8. The summed E-state index contributed by atoms with van der Waals surface area (Å²) in [6.07, 6.45) is 2.91. The summed E-state index contributed by atoms with van der Waals surface area (Å²) in [4.78, 5) is 12.2. The van der Waals surface area contributed by atoms with E-state index in [1.807, 2.05) is 0 Å². The molecule has 23 heavy (non-hydrogen) atoms. The van der Waals surface area contributed by atoms with Crippen molar-refractivity contribution >= 4 is 13.6 Å². The van der Waals surface area contributed by atoms with Crippen LogP contribution in [0.4, 0.5) is 0 Å². The van der Waals surface area contributed by atoms with E-state index in [4.69, 9.17) is 9.26 Å². The Morgan fingerprint density at radius 1 is 1.09 bits per heavy atom. The third-order valence-corrected chi connectivity index (χ3v) is 5.77. The van der Waals surface area contributed by atoms with E-state index in [0.29, 0.717) is 6.61 Å². The van der Waals surface area contributed by atoms with Crippen LogP contribution in [0, 0.1) is 0 Å². The third-order valence-electron chi connectivity index (χ3n) is 3.32. The van der Waals surface area contributed by atoms with Gasteiger partial charge in [-0.25, -0.2) is 18.7 Å². The van der Waals surface area contributed by atoms with Crippen molar-refractivity contribution in [2.75, 3.05) is 34.8 Å². The second-order valence-electron chi connectivity index (χ2n) is 5.62. The lowest BCUT2D eigenvalue weighted by molar-refractivity contribution is 0.0496. The number of para-hydroxylation sites is 1. The summed E-state index contributed by atoms with van der Waals surface area (Å²) in [5.41, 5.74) is 0.285. The Morgan fingerprint density at radius 2 is 1.70 bits per heavy atom. The van der Waals surface area contributed by atoms with Gasteiger partial charge in [0.15, 0.2) is 0 Å². The van der Waals surface area contributed by atoms with Crippen molar-refractivity contribution in [1.82, 2.24) is 9.34 Å². The Bertz CT molecular complexity index is 549. The van der Waals surface area contributed by atoms with Crippen molar-refractivity contribution in [3.8, 4) is 5.75 Å². The molecule has 7 heteroatoms. The van der Waals surface area contributed by atoms with E-state index in [9.17, 15) is 9.36 Å². The molecule has 0 bridgehead atoms. The topological polar surface area (TPSA) is 59.1 Å². The van der Waals surface area contributed by atoms with E-state index < -0.39 is 13.6 Å². The number of hydrogen-bond acceptors (Lipinski definition) is 4. The van der Waals surface area contributed by atoms with Crippen LogP contribution in [0.15, 0.2) is 24.3 Å². The minimum atomic E-state index is -3.23. The van der Waals surface area contributed by atoms with Crippen LogP contribution in [0.2, 0.25) is 0 Å². The molecule has 0 atom stereocenters. The minimum Gasteiger partial charge on any atom is -0.462 e. The Kier molecular flexibility index (Phi) is 7.76. The number of carbonyl (C=O) groups excluding carboxylic acids is 1. The van der Waals surface area contributed by atoms with Gasteiger partial charge in [0.2, 0.25) is 0 Å². The zero-order valence-corrected chi connectivity index (χ0v) is 15.5. The van der Waals surface area contributed by atoms with Crippen LogP contribution >= 0.6 is 7.67 Å². The highest BCUT2D eigenvalue weighted by Gasteiger charge is 2.32. The van der Waals surface area contributed by atoms with Gasteiger partial charge in [-0.3, -0.25) is 0 Å². The number of carbonyl (C=O) groups is 1. The molecule has 0 spiro atoms. The standard InChI is InChI=1S/C16H27N2O4P/c1-6-7-10-13-21-16(19)14-11-8-9-12-15(14)22-23(20,17(2)3)18(4)5/h8-9,11-12H,6-7,10,13H2,1-5H3. The van der Waals surface area contributed by atoms with Gasteiger partial charge >= 0.3 is 13.6 Å². The van der Waals surface area contributed by atoms with Gasteiger partial charge in [-0.05, 0) is 46.7 Å². The molecule has 0 radical (unpaired) electrons. The maximum absolute atomic E-state index is 12.9. The fraction of sp³-hybridized carbons (Fsp3) is 0.562. The molecule has 1 aromatic carbocycles. The number of nitrogens with zero attached hydrogens (tertiary/aromatic N) is 2. The van der Waals surface area contributed by atoms with Crippen LogP contribution in [0.3, 0.4) is 0 Å². The molecule has 0 fully saturated rings. The molecule has 0 unspecified atom stereocenters. The number of esters is 1. The van der Waals surface area contributed by atoms with Crippen molar-refractivity contribution in [1.29, 1.82) is 0 Å². The number of benzene rings is 1. The molecule has 0 aromatic heterocycles. The van der Waals surface area contributed by atoms with E-state index in [1.165, 1.54) is 9.34 Å². The number of hydrogen-bond donors (Lipinski definition) is 0. The largest absolute Gasteiger partial charge is 0.462 e. The summed E-state index contributed by atoms with van der Waals surface area (Å²) in [6, 6.07) is 6.71. The quantitative estimate of drug-likeness (QED) is 0.388. The Labute approximate surface area is 138 Å². The fourth-order valence-electron chi connectivity index (χ4n) is 1.96. The van der Waals surface area contributed by atoms with Crippen LogP contribution in [-0.4, -0.2) is 50.1 Å². The first-order valence-electron chi connectivity index (χ1n) is 7.74. The predicted molar refractivity (Wildman–Crippen MR) is 91.9 cm³/mol. The first kappa shape index (κ1) is 19.7. The number of rotatable bonds is 9. The molecule has 0 heterocycles. The molecule has 0 aliphatic heterocycles. The predicted octanol–water partition coefficient (Wildman–Crippen LogP) is 3.64. The molecular weight excluding hydrogens is 315 g/mol. The van der Waals surface area contributed by atoms with Crippen molar-refractivity contribution < 1.29 is 18.6 Å². The van der Waals surface area contributed by atoms with Gasteiger partial charge in [0, 0.05) is 0 Å². The van der Waals surface area contributed by atoms with Crippen molar-refractivity contribution in [3.05, 3.63) is 29.8 Å². The second-order valence-corrected chi connectivity index (χ2v) is 8.38. The molecule has 0 saturated heterocycles. The van der Waals surface area contributed by atoms with Gasteiger partial charge < -0.3 is 9.26 Å². The SMILES string of the molecule is CCCCCOC(=O)c1ccccc1OP(=O)(N(C)C)N(C)C. The van der Waals surface area contributed by atoms with E-state index in [0.717, 1.165) is 19.3 Å². The van der Waals surface area contributed by atoms with E-state index in [-0.39, 0.29) is 11.3 Å². The summed E-state index contributed by atoms with van der Waals surface area (Å²) in [6.45, 7) is 2.46. The van der Waals surface area contributed by atoms with Crippen LogP contribution in [0.1, 0.15) is 36.5 Å². The van der Waals surface area contributed by atoms with Gasteiger partial charge in [0.1, 0.15) is 11.3 Å². The highest BCUT2D eigenvalue weighted by Crippen LogP contribution is 2.51. The van der Waals surface area contributed by atoms with Gasteiger partial charge in [-0.15, -0.1) is 0 Å². The minimum absolute atomic E-state index is 0.263. The molecule has 0 aliphatic carbocycles. The van der Waals surface area contributed by atoms with E-state index in [2.05, 4.69) is 6.92 Å². The second kappa shape index (κ2) is 9.06. The zero-order valence-electron chi connectivity index (χ0n) is 14.6. The Morgan fingerprint density at radius 3 is 2.26 bits per heavy atom. The average Bonchev–Trinajstić information content (AvgIpc) is 2.51. The van der Waals surface area contributed by atoms with Gasteiger partial charge in [0.05, 0.1) is 6.61 Å². The molecule has 0 amide bonds. The lowest BCUT2D eigenvalue weighted by Gasteiger charge is -2.30. The fourth-order valence-corrected chi connectivity index (χ4v) is 3.42. The molecular formula is C16H27N2O4P. The Balaban J connectivity index is 2.93. The molecule has 0 N–H and O–H groups in total. The number of ether oxygens (including phenoxy) is 1. The summed E-state index contributed by atoms with van der Waals surface area (Å²) < 4.78 is 26.9. The molecule has 0 aliphatic rings. The smallest absolute Gasteiger partial charge is 0.394 e. The van der Waals surface area contributed by atoms with Crippen molar-refractivity contribution in [3.63, 3.8) is 0 Å². The monoisotopic (exact) mass is 342 g/mol. The Hall–Kier alpha value is -1.36. The van der Waals surface area contributed by atoms with Crippen LogP contribution < -0.4 is 4.52 Å². The maximum atomic E-state index is 12.9. The highest BCUT2D eigenvalue weighted by atomic mass is 31.2. The number of unbranched alkanes of at least 4 members (excludes halogenated alkanes) is 2. The van der Waals surface area contributed by atoms with Gasteiger partial charge in [-0.2, -0.15) is 0 Å². The van der Waals surface area contributed by atoms with Gasteiger partial charge in [0.25, 0.3) is 0 Å². The van der Waals surface area contributed by atoms with Crippen molar-refractivity contribution in [2.24, 2.45) is 0 Å². The third kappa shape index (κ3) is 5.34. The van der Waals surface area contributed by atoms with Crippen molar-refractivity contribution in [2.45, 2.75) is 26.2 Å². The van der Waals surface area contributed by atoms with Gasteiger partial charge in [-0.1, -0.05) is 31.9 Å². The summed E-state index contributed by atoms with van der Waals surface area (Å²) in [7, 11) is 3.46. The normalized spacial score (nSPS) is 11.8. The first-order valence-corrected chi connectivity index (χ1v) is 9.27. The zero-order chi connectivity index (χ0) is 17.5. The summed E-state index contributed by atoms with van der Waals surface area (Å²) >= 11 is 0. The lowest BCUT2D eigenvalue weighted by Crippen LogP contribution is -2.25. The average molecular weight is 342 g/mol. The maximum Gasteiger partial charge on any atom is 0.394 e. The van der Waals surface area contributed by atoms with E-state index >= 15 is 0 Å². The molecule has 1 aromatic rings. The lowest BCUT2D eigenvalue weighted by atomic mass is 10.2. The molecule has 1 rings (SSSR count).